The predicted molar refractivity (Wildman–Crippen MR) is 187 cm³/mol. The SMILES string of the molecule is CNC(=O)N1CCN(Cc2ccc(-c3cc4nccc(Oc5ccc(NC(=S)NC(=O)Cc6ccccc6)cc5F)c4s3)cc2)CC1. The number of amides is 3. The molecule has 0 radical (unpaired) electrons. The third-order valence-corrected chi connectivity index (χ3v) is 9.16. The summed E-state index contributed by atoms with van der Waals surface area (Å²) in [6, 6.07) is 25.9. The van der Waals surface area contributed by atoms with Crippen molar-refractivity contribution in [1.82, 2.24) is 25.4 Å². The van der Waals surface area contributed by atoms with E-state index in [0.717, 1.165) is 45.9 Å². The van der Waals surface area contributed by atoms with Gasteiger partial charge in [0, 0.05) is 68.7 Å². The minimum Gasteiger partial charge on any atom is -0.453 e. The molecular weight excluding hydrogens is 636 g/mol. The number of fused-ring (bicyclic) bond motifs is 1. The zero-order valence-electron chi connectivity index (χ0n) is 25.7. The highest BCUT2D eigenvalue weighted by Gasteiger charge is 2.20. The number of carbonyl (C=O) groups excluding carboxylic acids is 2. The first-order chi connectivity index (χ1) is 22.8. The zero-order chi connectivity index (χ0) is 32.8. The van der Waals surface area contributed by atoms with E-state index < -0.39 is 5.82 Å². The van der Waals surface area contributed by atoms with Gasteiger partial charge in [0.2, 0.25) is 5.91 Å². The van der Waals surface area contributed by atoms with E-state index in [1.165, 1.54) is 29.0 Å². The lowest BCUT2D eigenvalue weighted by atomic mass is 10.1. The van der Waals surface area contributed by atoms with Gasteiger partial charge in [-0.05, 0) is 47.1 Å². The summed E-state index contributed by atoms with van der Waals surface area (Å²) >= 11 is 6.78. The Kier molecular flexibility index (Phi) is 10.0. The van der Waals surface area contributed by atoms with Crippen LogP contribution in [0.15, 0.2) is 91.1 Å². The zero-order valence-corrected chi connectivity index (χ0v) is 27.3. The number of rotatable bonds is 8. The Balaban J connectivity index is 1.07. The number of carbonyl (C=O) groups is 2. The highest BCUT2D eigenvalue weighted by atomic mass is 32.1. The number of nitrogens with zero attached hydrogens (tertiary/aromatic N) is 3. The summed E-state index contributed by atoms with van der Waals surface area (Å²) in [7, 11) is 1.66. The molecule has 3 N–H and O–H groups in total. The summed E-state index contributed by atoms with van der Waals surface area (Å²) in [6.45, 7) is 3.92. The number of aromatic nitrogens is 1. The largest absolute Gasteiger partial charge is 0.453 e. The Bertz CT molecular complexity index is 1890. The number of hydrogen-bond acceptors (Lipinski definition) is 7. The summed E-state index contributed by atoms with van der Waals surface area (Å²) in [5.41, 5.74) is 4.27. The van der Waals surface area contributed by atoms with Crippen molar-refractivity contribution in [3.8, 4) is 21.9 Å². The van der Waals surface area contributed by atoms with Gasteiger partial charge in [0.25, 0.3) is 0 Å². The van der Waals surface area contributed by atoms with Crippen LogP contribution in [0.5, 0.6) is 11.5 Å². The molecule has 9 nitrogen and oxygen atoms in total. The topological polar surface area (TPSA) is 98.8 Å². The van der Waals surface area contributed by atoms with E-state index >= 15 is 4.39 Å². The third-order valence-electron chi connectivity index (χ3n) is 7.76. The van der Waals surface area contributed by atoms with E-state index in [4.69, 9.17) is 17.0 Å². The molecule has 2 aromatic heterocycles. The summed E-state index contributed by atoms with van der Waals surface area (Å²) in [5, 5.41) is 8.24. The van der Waals surface area contributed by atoms with Crippen LogP contribution in [0.4, 0.5) is 14.9 Å². The Morgan fingerprint density at radius 2 is 1.70 bits per heavy atom. The third kappa shape index (κ3) is 8.09. The van der Waals surface area contributed by atoms with E-state index in [2.05, 4.69) is 50.1 Å². The molecule has 1 aliphatic rings. The summed E-state index contributed by atoms with van der Waals surface area (Å²) < 4.78 is 22.0. The van der Waals surface area contributed by atoms with Crippen LogP contribution in [0, 0.1) is 5.82 Å². The number of pyridine rings is 1. The molecule has 1 aliphatic heterocycles. The number of urea groups is 1. The summed E-state index contributed by atoms with van der Waals surface area (Å²) in [4.78, 5) is 33.9. The quantitative estimate of drug-likeness (QED) is 0.165. The average Bonchev–Trinajstić information content (AvgIpc) is 3.52. The molecule has 6 rings (SSSR count). The second-order valence-electron chi connectivity index (χ2n) is 11.1. The molecule has 0 bridgehead atoms. The van der Waals surface area contributed by atoms with Gasteiger partial charge in [-0.15, -0.1) is 11.3 Å². The Morgan fingerprint density at radius 3 is 2.43 bits per heavy atom. The van der Waals surface area contributed by atoms with Gasteiger partial charge in [-0.2, -0.15) is 0 Å². The second kappa shape index (κ2) is 14.7. The van der Waals surface area contributed by atoms with Crippen LogP contribution in [0.3, 0.4) is 0 Å². The van der Waals surface area contributed by atoms with Gasteiger partial charge in [-0.25, -0.2) is 9.18 Å². The maximum Gasteiger partial charge on any atom is 0.317 e. The highest BCUT2D eigenvalue weighted by Crippen LogP contribution is 2.40. The van der Waals surface area contributed by atoms with E-state index in [-0.39, 0.29) is 29.2 Å². The minimum atomic E-state index is -0.583. The van der Waals surface area contributed by atoms with E-state index in [1.54, 1.807) is 25.4 Å². The summed E-state index contributed by atoms with van der Waals surface area (Å²) in [6.07, 6.45) is 1.83. The van der Waals surface area contributed by atoms with E-state index in [1.807, 2.05) is 41.3 Å². The molecule has 0 aliphatic carbocycles. The number of benzene rings is 3. The van der Waals surface area contributed by atoms with Crippen LogP contribution in [0.1, 0.15) is 11.1 Å². The van der Waals surface area contributed by atoms with E-state index in [0.29, 0.717) is 24.5 Å². The maximum absolute atomic E-state index is 15.2. The Morgan fingerprint density at radius 1 is 0.936 bits per heavy atom. The van der Waals surface area contributed by atoms with Gasteiger partial charge in [0.05, 0.1) is 16.6 Å². The fourth-order valence-corrected chi connectivity index (χ4v) is 6.63. The van der Waals surface area contributed by atoms with Gasteiger partial charge < -0.3 is 25.6 Å². The Labute approximate surface area is 281 Å². The molecule has 3 heterocycles. The van der Waals surface area contributed by atoms with Crippen molar-refractivity contribution in [2.45, 2.75) is 13.0 Å². The van der Waals surface area contributed by atoms with Crippen molar-refractivity contribution in [3.63, 3.8) is 0 Å². The van der Waals surface area contributed by atoms with Crippen molar-refractivity contribution in [1.29, 1.82) is 0 Å². The van der Waals surface area contributed by atoms with E-state index in [9.17, 15) is 9.59 Å². The maximum atomic E-state index is 15.2. The highest BCUT2D eigenvalue weighted by molar-refractivity contribution is 7.80. The number of thiophene rings is 1. The van der Waals surface area contributed by atoms with Gasteiger partial charge in [0.15, 0.2) is 16.7 Å². The van der Waals surface area contributed by atoms with Crippen molar-refractivity contribution in [2.75, 3.05) is 38.5 Å². The molecule has 0 atom stereocenters. The monoisotopic (exact) mass is 668 g/mol. The van der Waals surface area contributed by atoms with Crippen LogP contribution >= 0.6 is 23.6 Å². The van der Waals surface area contributed by atoms with Gasteiger partial charge >= 0.3 is 6.03 Å². The Hall–Kier alpha value is -4.91. The molecule has 5 aromatic rings. The first kappa shape index (κ1) is 32.0. The number of anilines is 1. The molecule has 0 saturated carbocycles. The number of halogens is 1. The lowest BCUT2D eigenvalue weighted by Crippen LogP contribution is -2.50. The van der Waals surface area contributed by atoms with Gasteiger partial charge in [-0.3, -0.25) is 14.7 Å². The smallest absolute Gasteiger partial charge is 0.317 e. The fourth-order valence-electron chi connectivity index (χ4n) is 5.33. The number of nitrogens with one attached hydrogen (secondary N) is 3. The van der Waals surface area contributed by atoms with Crippen molar-refractivity contribution >= 4 is 56.5 Å². The van der Waals surface area contributed by atoms with Crippen molar-refractivity contribution in [3.05, 3.63) is 108 Å². The predicted octanol–water partition coefficient (Wildman–Crippen LogP) is 6.41. The molecule has 1 saturated heterocycles. The number of thiocarbonyl (C=S) groups is 1. The minimum absolute atomic E-state index is 0.0282. The first-order valence-electron chi connectivity index (χ1n) is 15.1. The molecular formula is C35H33FN6O3S2. The van der Waals surface area contributed by atoms with Crippen LogP contribution in [0.2, 0.25) is 0 Å². The van der Waals surface area contributed by atoms with Crippen LogP contribution in [0.25, 0.3) is 20.7 Å². The first-order valence-corrected chi connectivity index (χ1v) is 16.4. The number of piperazine rings is 1. The van der Waals surface area contributed by atoms with Gasteiger partial charge in [-0.1, -0.05) is 54.6 Å². The lowest BCUT2D eigenvalue weighted by molar-refractivity contribution is -0.119. The normalized spacial score (nSPS) is 13.3. The molecule has 3 aromatic carbocycles. The van der Waals surface area contributed by atoms with Crippen molar-refractivity contribution < 1.29 is 18.7 Å². The van der Waals surface area contributed by atoms with Gasteiger partial charge in [0.1, 0.15) is 5.75 Å². The molecule has 0 unspecified atom stereocenters. The number of ether oxygens (including phenoxy) is 1. The molecule has 0 spiro atoms. The lowest BCUT2D eigenvalue weighted by Gasteiger charge is -2.34. The van der Waals surface area contributed by atoms with Crippen LogP contribution in [-0.2, 0) is 17.8 Å². The molecule has 1 fully saturated rings. The van der Waals surface area contributed by atoms with Crippen LogP contribution in [-0.4, -0.2) is 65.1 Å². The van der Waals surface area contributed by atoms with Crippen molar-refractivity contribution in [2.24, 2.45) is 0 Å². The molecule has 47 heavy (non-hydrogen) atoms. The van der Waals surface area contributed by atoms with Crippen LogP contribution < -0.4 is 20.7 Å². The standard InChI is InChI=1S/C35H33FN6O3S2/c1-37-35(44)42-17-15-41(16-18-42)22-24-7-9-25(10-8-24)31-21-28-33(47-31)30(13-14-38-28)45-29-12-11-26(20-27(29)36)39-34(46)40-32(43)19-23-5-3-2-4-6-23/h2-14,20-21H,15-19,22H2,1H3,(H,37,44)(H2,39,40,43,46). The molecule has 240 valence electrons. The molecule has 12 heteroatoms. The average molecular weight is 669 g/mol. The fraction of sp³-hybridized carbons (Fsp3) is 0.200. The molecule has 3 amide bonds. The second-order valence-corrected chi connectivity index (χ2v) is 12.5. The summed E-state index contributed by atoms with van der Waals surface area (Å²) in [5.74, 6) is -0.295. The number of hydrogen-bond donors (Lipinski definition) is 3.